The highest BCUT2D eigenvalue weighted by molar-refractivity contribution is 5.81. The number of carboxylic acid groups (broad SMARTS) is 2. The molecule has 0 spiro atoms. The number of rotatable bonds is 11. The number of carbonyl (C=O) groups excluding carboxylic acids is 1. The lowest BCUT2D eigenvalue weighted by Gasteiger charge is -2.38. The first kappa shape index (κ1) is 22.4. The van der Waals surface area contributed by atoms with Crippen molar-refractivity contribution in [3.8, 4) is 0 Å². The predicted octanol–water partition coefficient (Wildman–Crippen LogP) is 3.73. The van der Waals surface area contributed by atoms with E-state index in [1.165, 1.54) is 13.8 Å². The lowest BCUT2D eigenvalue weighted by molar-refractivity contribution is -0.165. The largest absolute Gasteiger partial charge is 0.481 e. The Morgan fingerprint density at radius 1 is 0.875 bits per heavy atom. The van der Waals surface area contributed by atoms with Crippen molar-refractivity contribution < 1.29 is 29.3 Å². The molecule has 0 fully saturated rings. The maximum absolute atomic E-state index is 12.6. The molecule has 0 rings (SSSR count). The Morgan fingerprint density at radius 2 is 1.42 bits per heavy atom. The quantitative estimate of drug-likeness (QED) is 0.437. The lowest BCUT2D eigenvalue weighted by atomic mass is 9.65. The molecule has 0 aliphatic rings. The van der Waals surface area contributed by atoms with Crippen molar-refractivity contribution in [1.82, 2.24) is 0 Å². The highest BCUT2D eigenvalue weighted by Gasteiger charge is 2.49. The zero-order valence-corrected chi connectivity index (χ0v) is 15.8. The van der Waals surface area contributed by atoms with Crippen molar-refractivity contribution in [3.05, 3.63) is 0 Å². The van der Waals surface area contributed by atoms with Crippen LogP contribution in [0.5, 0.6) is 0 Å². The number of ether oxygens (including phenoxy) is 1. The van der Waals surface area contributed by atoms with Gasteiger partial charge in [0.1, 0.15) is 0 Å². The summed E-state index contributed by atoms with van der Waals surface area (Å²) in [4.78, 5) is 35.8. The number of aliphatic carboxylic acids is 2. The highest BCUT2D eigenvalue weighted by atomic mass is 16.5. The molecular weight excluding hydrogens is 312 g/mol. The summed E-state index contributed by atoms with van der Waals surface area (Å²) >= 11 is 0. The molecule has 0 aromatic heterocycles. The third-order valence-electron chi connectivity index (χ3n) is 4.71. The maximum atomic E-state index is 12.6. The van der Waals surface area contributed by atoms with E-state index in [1.807, 2.05) is 6.92 Å². The van der Waals surface area contributed by atoms with Crippen LogP contribution in [0.4, 0.5) is 0 Å². The maximum Gasteiger partial charge on any atom is 0.311 e. The van der Waals surface area contributed by atoms with Gasteiger partial charge >= 0.3 is 17.9 Å². The summed E-state index contributed by atoms with van der Waals surface area (Å²) in [5.74, 6) is -2.54. The molecular formula is C18H32O6. The molecule has 0 saturated carbocycles. The Labute approximate surface area is 144 Å². The average molecular weight is 344 g/mol. The SMILES string of the molecule is CCCCOC(=O)C(C)(CC(C)(C)C(=O)O)CC(C)(CC)C(=O)O. The number of unbranched alkanes of at least 4 members (excludes halogenated alkanes) is 1. The minimum atomic E-state index is -1.18. The van der Waals surface area contributed by atoms with Crippen LogP contribution in [-0.4, -0.2) is 34.7 Å². The van der Waals surface area contributed by atoms with E-state index in [1.54, 1.807) is 20.8 Å². The van der Waals surface area contributed by atoms with Gasteiger partial charge in [0.2, 0.25) is 0 Å². The van der Waals surface area contributed by atoms with Crippen LogP contribution >= 0.6 is 0 Å². The minimum Gasteiger partial charge on any atom is -0.481 e. The Morgan fingerprint density at radius 3 is 1.79 bits per heavy atom. The summed E-state index contributed by atoms with van der Waals surface area (Å²) in [7, 11) is 0. The molecule has 6 heteroatoms. The van der Waals surface area contributed by atoms with E-state index >= 15 is 0 Å². The van der Waals surface area contributed by atoms with Gasteiger partial charge in [0.15, 0.2) is 0 Å². The van der Waals surface area contributed by atoms with E-state index in [9.17, 15) is 24.6 Å². The minimum absolute atomic E-state index is 0.0170. The van der Waals surface area contributed by atoms with Crippen LogP contribution in [0.2, 0.25) is 0 Å². The monoisotopic (exact) mass is 344 g/mol. The van der Waals surface area contributed by atoms with Gasteiger partial charge in [-0.25, -0.2) is 0 Å². The summed E-state index contributed by atoms with van der Waals surface area (Å²) in [6.45, 7) is 10.3. The Kier molecular flexibility index (Phi) is 7.93. The molecule has 6 nitrogen and oxygen atoms in total. The van der Waals surface area contributed by atoms with Crippen molar-refractivity contribution in [1.29, 1.82) is 0 Å². The molecule has 0 aromatic carbocycles. The first-order chi connectivity index (χ1) is 10.8. The molecule has 0 bridgehead atoms. The smallest absolute Gasteiger partial charge is 0.311 e. The van der Waals surface area contributed by atoms with E-state index in [0.29, 0.717) is 12.8 Å². The topological polar surface area (TPSA) is 101 Å². The molecule has 0 amide bonds. The van der Waals surface area contributed by atoms with E-state index in [2.05, 4.69) is 0 Å². The standard InChI is InChI=1S/C18H32O6/c1-7-9-10-24-15(23)18(6,11-16(3,4)13(19)20)12-17(5,8-2)14(21)22/h7-12H2,1-6H3,(H,19,20)(H,21,22). The Balaban J connectivity index is 5.61. The van der Waals surface area contributed by atoms with Crippen molar-refractivity contribution in [2.24, 2.45) is 16.2 Å². The van der Waals surface area contributed by atoms with Gasteiger partial charge in [0, 0.05) is 0 Å². The van der Waals surface area contributed by atoms with Gasteiger partial charge in [0.25, 0.3) is 0 Å². The molecule has 0 aliphatic heterocycles. The summed E-state index contributed by atoms with van der Waals surface area (Å²) in [6, 6.07) is 0. The van der Waals surface area contributed by atoms with Crippen LogP contribution in [0.3, 0.4) is 0 Å². The van der Waals surface area contributed by atoms with E-state index < -0.39 is 34.2 Å². The lowest BCUT2D eigenvalue weighted by Crippen LogP contribution is -2.43. The molecule has 0 aliphatic carbocycles. The van der Waals surface area contributed by atoms with E-state index in [-0.39, 0.29) is 19.4 Å². The molecule has 24 heavy (non-hydrogen) atoms. The van der Waals surface area contributed by atoms with Crippen LogP contribution in [0, 0.1) is 16.2 Å². The fraction of sp³-hybridized carbons (Fsp3) is 0.833. The second kappa shape index (κ2) is 8.49. The number of hydrogen-bond acceptors (Lipinski definition) is 4. The third kappa shape index (κ3) is 5.80. The molecule has 0 radical (unpaired) electrons. The third-order valence-corrected chi connectivity index (χ3v) is 4.71. The molecule has 0 saturated heterocycles. The summed E-state index contributed by atoms with van der Waals surface area (Å²) in [5, 5.41) is 18.9. The average Bonchev–Trinajstić information content (AvgIpc) is 2.46. The zero-order chi connectivity index (χ0) is 19.2. The second-order valence-corrected chi connectivity index (χ2v) is 7.81. The van der Waals surface area contributed by atoms with Crippen LogP contribution in [0.1, 0.15) is 73.6 Å². The molecule has 2 atom stereocenters. The zero-order valence-electron chi connectivity index (χ0n) is 15.8. The van der Waals surface area contributed by atoms with Gasteiger partial charge in [-0.05, 0) is 53.4 Å². The second-order valence-electron chi connectivity index (χ2n) is 7.81. The highest BCUT2D eigenvalue weighted by Crippen LogP contribution is 2.45. The Bertz CT molecular complexity index is 470. The van der Waals surface area contributed by atoms with Gasteiger partial charge in [-0.3, -0.25) is 14.4 Å². The first-order valence-corrected chi connectivity index (χ1v) is 8.48. The number of esters is 1. The fourth-order valence-electron chi connectivity index (χ4n) is 2.95. The molecule has 140 valence electrons. The van der Waals surface area contributed by atoms with Crippen molar-refractivity contribution in [2.75, 3.05) is 6.61 Å². The van der Waals surface area contributed by atoms with E-state index in [4.69, 9.17) is 4.74 Å². The van der Waals surface area contributed by atoms with Gasteiger partial charge in [0.05, 0.1) is 22.9 Å². The van der Waals surface area contributed by atoms with Gasteiger partial charge in [-0.1, -0.05) is 20.3 Å². The fourth-order valence-corrected chi connectivity index (χ4v) is 2.95. The number of hydrogen-bond donors (Lipinski definition) is 2. The van der Waals surface area contributed by atoms with Gasteiger partial charge in [-0.15, -0.1) is 0 Å². The molecule has 0 heterocycles. The van der Waals surface area contributed by atoms with Crippen LogP contribution < -0.4 is 0 Å². The Hall–Kier alpha value is -1.59. The molecule has 2 unspecified atom stereocenters. The van der Waals surface area contributed by atoms with Gasteiger partial charge in [-0.2, -0.15) is 0 Å². The molecule has 2 N–H and O–H groups in total. The summed E-state index contributed by atoms with van der Waals surface area (Å²) in [6.07, 6.45) is 1.98. The summed E-state index contributed by atoms with van der Waals surface area (Å²) in [5.41, 5.74) is -3.46. The van der Waals surface area contributed by atoms with Crippen LogP contribution in [0.25, 0.3) is 0 Å². The van der Waals surface area contributed by atoms with Gasteiger partial charge < -0.3 is 14.9 Å². The van der Waals surface area contributed by atoms with Crippen LogP contribution in [0.15, 0.2) is 0 Å². The molecule has 0 aromatic rings. The van der Waals surface area contributed by atoms with E-state index in [0.717, 1.165) is 6.42 Å². The summed E-state index contributed by atoms with van der Waals surface area (Å²) < 4.78 is 5.32. The number of carbonyl (C=O) groups is 3. The van der Waals surface area contributed by atoms with Crippen molar-refractivity contribution in [2.45, 2.75) is 73.6 Å². The normalized spacial score (nSPS) is 16.8. The predicted molar refractivity (Wildman–Crippen MR) is 90.7 cm³/mol. The van der Waals surface area contributed by atoms with Crippen molar-refractivity contribution >= 4 is 17.9 Å². The van der Waals surface area contributed by atoms with Crippen molar-refractivity contribution in [3.63, 3.8) is 0 Å². The number of carboxylic acids is 2. The first-order valence-electron chi connectivity index (χ1n) is 8.48. The van der Waals surface area contributed by atoms with Crippen LogP contribution in [-0.2, 0) is 19.1 Å².